The largest absolute Gasteiger partial charge is 0.479 e. The fourth-order valence-electron chi connectivity index (χ4n) is 1.22. The van der Waals surface area contributed by atoms with Crippen LogP contribution in [0.15, 0.2) is 12.2 Å². The normalized spacial score (nSPS) is 15.3. The SMILES string of the molecule is O=C(/C=C\C(=O)OC(C(=O)O)C(O)C(=O)O)OC(C(=O)O)C(O)C(=O)O. The van der Waals surface area contributed by atoms with E-state index in [4.69, 9.17) is 30.6 Å². The highest BCUT2D eigenvalue weighted by molar-refractivity contribution is 5.95. The van der Waals surface area contributed by atoms with Gasteiger partial charge in [-0.15, -0.1) is 0 Å². The molecular weight excluding hydrogens is 368 g/mol. The molecule has 0 aromatic carbocycles. The number of esters is 2. The Kier molecular flexibility index (Phi) is 8.38. The molecule has 0 aromatic heterocycles. The standard InChI is InChI=1S/C12H12O14/c13-3(25-7(11(21)22)5(15)9(17)18)1-2-4(14)26-8(12(23)24)6(16)10(19)20/h1-2,5-8,15-16H,(H,17,18)(H,19,20)(H,21,22)(H,23,24)/b2-1-. The third kappa shape index (κ3) is 6.93. The summed E-state index contributed by atoms with van der Waals surface area (Å²) in [5.74, 6) is -11.3. The average molecular weight is 380 g/mol. The van der Waals surface area contributed by atoms with Crippen molar-refractivity contribution < 1.29 is 68.9 Å². The fraction of sp³-hybridized carbons (Fsp3) is 0.333. The van der Waals surface area contributed by atoms with Crippen molar-refractivity contribution in [1.82, 2.24) is 0 Å². The van der Waals surface area contributed by atoms with Crippen molar-refractivity contribution in [3.63, 3.8) is 0 Å². The van der Waals surface area contributed by atoms with Crippen LogP contribution in [-0.4, -0.2) is 90.9 Å². The molecule has 14 nitrogen and oxygen atoms in total. The molecule has 0 rings (SSSR count). The van der Waals surface area contributed by atoms with Crippen LogP contribution in [0.5, 0.6) is 0 Å². The molecule has 26 heavy (non-hydrogen) atoms. The van der Waals surface area contributed by atoms with Crippen molar-refractivity contribution in [2.24, 2.45) is 0 Å². The van der Waals surface area contributed by atoms with Gasteiger partial charge in [0.25, 0.3) is 0 Å². The van der Waals surface area contributed by atoms with Gasteiger partial charge >= 0.3 is 35.8 Å². The lowest BCUT2D eigenvalue weighted by Gasteiger charge is -2.15. The summed E-state index contributed by atoms with van der Waals surface area (Å²) in [7, 11) is 0. The molecule has 0 saturated carbocycles. The van der Waals surface area contributed by atoms with Crippen molar-refractivity contribution >= 4 is 35.8 Å². The molecule has 0 radical (unpaired) electrons. The Morgan fingerprint density at radius 2 is 0.846 bits per heavy atom. The van der Waals surface area contributed by atoms with Gasteiger partial charge in [0.05, 0.1) is 0 Å². The Hall–Kier alpha value is -3.52. The van der Waals surface area contributed by atoms with E-state index in [1.807, 2.05) is 0 Å². The van der Waals surface area contributed by atoms with Crippen LogP contribution in [0.4, 0.5) is 0 Å². The number of carbonyl (C=O) groups excluding carboxylic acids is 2. The van der Waals surface area contributed by atoms with E-state index in [1.54, 1.807) is 0 Å². The number of aliphatic hydroxyl groups is 2. The molecule has 0 amide bonds. The maximum Gasteiger partial charge on any atom is 0.348 e. The maximum atomic E-state index is 11.3. The molecule has 0 heterocycles. The summed E-state index contributed by atoms with van der Waals surface area (Å²) >= 11 is 0. The minimum Gasteiger partial charge on any atom is -0.479 e. The second-order valence-electron chi connectivity index (χ2n) is 4.29. The number of hydrogen-bond donors (Lipinski definition) is 6. The molecule has 0 aliphatic heterocycles. The molecule has 0 fully saturated rings. The van der Waals surface area contributed by atoms with E-state index in [9.17, 15) is 28.8 Å². The Balaban J connectivity index is 4.97. The topological polar surface area (TPSA) is 242 Å². The molecule has 0 aliphatic carbocycles. The first kappa shape index (κ1) is 22.5. The molecule has 0 aliphatic rings. The van der Waals surface area contributed by atoms with Gasteiger partial charge in [-0.25, -0.2) is 28.8 Å². The monoisotopic (exact) mass is 380 g/mol. The predicted octanol–water partition coefficient (Wildman–Crippen LogP) is -3.57. The molecule has 0 bridgehead atoms. The summed E-state index contributed by atoms with van der Waals surface area (Å²) in [5.41, 5.74) is 0. The number of aliphatic carboxylic acids is 4. The van der Waals surface area contributed by atoms with Crippen molar-refractivity contribution in [1.29, 1.82) is 0 Å². The van der Waals surface area contributed by atoms with Gasteiger partial charge in [-0.3, -0.25) is 0 Å². The third-order valence-electron chi connectivity index (χ3n) is 2.41. The summed E-state index contributed by atoms with van der Waals surface area (Å²) in [6.45, 7) is 0. The van der Waals surface area contributed by atoms with E-state index in [1.165, 1.54) is 0 Å². The fourth-order valence-corrected chi connectivity index (χ4v) is 1.22. The minimum atomic E-state index is -2.61. The summed E-state index contributed by atoms with van der Waals surface area (Å²) in [5, 5.41) is 52.3. The van der Waals surface area contributed by atoms with Gasteiger partial charge in [-0.05, 0) is 0 Å². The van der Waals surface area contributed by atoms with Gasteiger partial charge in [-0.2, -0.15) is 0 Å². The van der Waals surface area contributed by atoms with E-state index in [0.29, 0.717) is 0 Å². The summed E-state index contributed by atoms with van der Waals surface area (Å²) in [6.07, 6.45) is -9.86. The number of hydrogen-bond acceptors (Lipinski definition) is 10. The van der Waals surface area contributed by atoms with Crippen molar-refractivity contribution in [2.45, 2.75) is 24.4 Å². The molecule has 4 atom stereocenters. The van der Waals surface area contributed by atoms with E-state index in [-0.39, 0.29) is 12.2 Å². The molecule has 0 saturated heterocycles. The van der Waals surface area contributed by atoms with Crippen molar-refractivity contribution in [3.05, 3.63) is 12.2 Å². The van der Waals surface area contributed by atoms with Gasteiger partial charge in [0, 0.05) is 12.2 Å². The van der Waals surface area contributed by atoms with Crippen LogP contribution in [0.3, 0.4) is 0 Å². The number of carboxylic acid groups (broad SMARTS) is 4. The van der Waals surface area contributed by atoms with Gasteiger partial charge in [0.2, 0.25) is 12.2 Å². The van der Waals surface area contributed by atoms with E-state index >= 15 is 0 Å². The van der Waals surface area contributed by atoms with Crippen LogP contribution in [-0.2, 0) is 38.2 Å². The first-order valence-electron chi connectivity index (χ1n) is 6.25. The number of carboxylic acids is 4. The number of rotatable bonds is 10. The molecule has 4 unspecified atom stereocenters. The van der Waals surface area contributed by atoms with Crippen LogP contribution in [0.1, 0.15) is 0 Å². The second-order valence-corrected chi connectivity index (χ2v) is 4.29. The lowest BCUT2D eigenvalue weighted by molar-refractivity contribution is -0.177. The Bertz CT molecular complexity index is 580. The third-order valence-corrected chi connectivity index (χ3v) is 2.41. The average Bonchev–Trinajstić information content (AvgIpc) is 2.53. The Morgan fingerprint density at radius 3 is 1.04 bits per heavy atom. The number of aliphatic hydroxyl groups excluding tert-OH is 2. The van der Waals surface area contributed by atoms with Crippen LogP contribution in [0.2, 0.25) is 0 Å². The predicted molar refractivity (Wildman–Crippen MR) is 71.5 cm³/mol. The molecule has 0 spiro atoms. The molecule has 6 N–H and O–H groups in total. The summed E-state index contributed by atoms with van der Waals surface area (Å²) in [6, 6.07) is 0. The van der Waals surface area contributed by atoms with Gasteiger partial charge in [-0.1, -0.05) is 0 Å². The smallest absolute Gasteiger partial charge is 0.348 e. The van der Waals surface area contributed by atoms with Crippen molar-refractivity contribution in [3.8, 4) is 0 Å². The zero-order valence-electron chi connectivity index (χ0n) is 12.4. The highest BCUT2D eigenvalue weighted by Crippen LogP contribution is 2.04. The molecule has 14 heteroatoms. The quantitative estimate of drug-likeness (QED) is 0.159. The lowest BCUT2D eigenvalue weighted by Crippen LogP contribution is -2.43. The first-order chi connectivity index (χ1) is 11.9. The number of ether oxygens (including phenoxy) is 2. The highest BCUT2D eigenvalue weighted by Gasteiger charge is 2.36. The van der Waals surface area contributed by atoms with Gasteiger partial charge < -0.3 is 40.1 Å². The zero-order valence-corrected chi connectivity index (χ0v) is 12.4. The highest BCUT2D eigenvalue weighted by atomic mass is 16.6. The van der Waals surface area contributed by atoms with Crippen LogP contribution >= 0.6 is 0 Å². The molecular formula is C12H12O14. The number of carbonyl (C=O) groups is 6. The molecule has 144 valence electrons. The van der Waals surface area contributed by atoms with Crippen molar-refractivity contribution in [2.75, 3.05) is 0 Å². The maximum absolute atomic E-state index is 11.3. The Labute approximate surface area is 142 Å². The van der Waals surface area contributed by atoms with Crippen LogP contribution in [0, 0.1) is 0 Å². The summed E-state index contributed by atoms with van der Waals surface area (Å²) < 4.78 is 8.20. The minimum absolute atomic E-state index is 0.193. The van der Waals surface area contributed by atoms with Crippen LogP contribution in [0.25, 0.3) is 0 Å². The first-order valence-corrected chi connectivity index (χ1v) is 6.25. The molecule has 0 aromatic rings. The van der Waals surface area contributed by atoms with E-state index in [2.05, 4.69) is 9.47 Å². The zero-order chi connectivity index (χ0) is 20.6. The van der Waals surface area contributed by atoms with E-state index < -0.39 is 60.2 Å². The summed E-state index contributed by atoms with van der Waals surface area (Å²) in [4.78, 5) is 65.0. The Morgan fingerprint density at radius 1 is 0.577 bits per heavy atom. The van der Waals surface area contributed by atoms with Gasteiger partial charge in [0.15, 0.2) is 12.2 Å². The van der Waals surface area contributed by atoms with E-state index in [0.717, 1.165) is 0 Å². The second kappa shape index (κ2) is 9.70. The lowest BCUT2D eigenvalue weighted by atomic mass is 10.2. The van der Waals surface area contributed by atoms with Gasteiger partial charge in [0.1, 0.15) is 0 Å². The van der Waals surface area contributed by atoms with Crippen LogP contribution < -0.4 is 0 Å².